The lowest BCUT2D eigenvalue weighted by atomic mass is 10.5. The molecule has 2 aromatic rings. The molecule has 0 saturated heterocycles. The summed E-state index contributed by atoms with van der Waals surface area (Å²) in [7, 11) is 0. The number of aromatic nitrogens is 4. The summed E-state index contributed by atoms with van der Waals surface area (Å²) in [5, 5.41) is 9.04. The molecule has 6 N–H and O–H groups in total. The number of rotatable bonds is 0. The third-order valence-corrected chi connectivity index (χ3v) is 1.41. The Labute approximate surface area is 70.9 Å². The number of H-pyrrole nitrogens is 1. The molecule has 13 heavy (non-hydrogen) atoms. The van der Waals surface area contributed by atoms with Crippen LogP contribution in [0.3, 0.4) is 0 Å². The number of nitrogen functional groups attached to an aromatic ring is 1. The van der Waals surface area contributed by atoms with Crippen LogP contribution in [0.2, 0.25) is 0 Å². The fourth-order valence-electron chi connectivity index (χ4n) is 0.915. The van der Waals surface area contributed by atoms with Crippen LogP contribution in [-0.4, -0.2) is 30.4 Å². The highest BCUT2D eigenvalue weighted by Gasteiger charge is 2.07. The van der Waals surface area contributed by atoms with Crippen LogP contribution in [0.1, 0.15) is 0 Å². The Morgan fingerprint density at radius 3 is 3.00 bits per heavy atom. The minimum atomic E-state index is -0.467. The minimum absolute atomic E-state index is 0. The van der Waals surface area contributed by atoms with Gasteiger partial charge in [0.05, 0.1) is 0 Å². The van der Waals surface area contributed by atoms with Crippen molar-refractivity contribution in [1.82, 2.24) is 19.7 Å². The van der Waals surface area contributed by atoms with Crippen LogP contribution in [0.15, 0.2) is 11.1 Å². The van der Waals surface area contributed by atoms with E-state index >= 15 is 0 Å². The van der Waals surface area contributed by atoms with Crippen LogP contribution in [-0.2, 0) is 0 Å². The number of nitrogens with zero attached hydrogens (tertiary/aromatic N) is 3. The zero-order valence-electron chi connectivity index (χ0n) is 6.35. The molecule has 0 radical (unpaired) electrons. The quantitative estimate of drug-likeness (QED) is 0.411. The molecule has 2 aromatic heterocycles. The van der Waals surface area contributed by atoms with Crippen molar-refractivity contribution in [3.63, 3.8) is 0 Å². The predicted molar refractivity (Wildman–Crippen MR) is 43.4 cm³/mol. The number of nitrogens with one attached hydrogen (secondary N) is 1. The van der Waals surface area contributed by atoms with E-state index in [2.05, 4.69) is 15.0 Å². The monoisotopic (exact) mass is 185 g/mol. The summed E-state index contributed by atoms with van der Waals surface area (Å²) in [6.07, 6.45) is 1.08. The Hall–Kier alpha value is -2.09. The van der Waals surface area contributed by atoms with Crippen molar-refractivity contribution in [3.8, 4) is 0 Å². The summed E-state index contributed by atoms with van der Waals surface area (Å²) in [5.41, 5.74) is 4.88. The minimum Gasteiger partial charge on any atom is -0.425 e. The SMILES string of the molecule is Nc1nc2c(ncn2O)c(=O)[nH]1.O. The smallest absolute Gasteiger partial charge is 0.280 e. The Kier molecular flexibility index (Phi) is 1.91. The topological polar surface area (TPSA) is 141 Å². The lowest BCUT2D eigenvalue weighted by Gasteiger charge is -1.92. The van der Waals surface area contributed by atoms with Crippen LogP contribution in [0.4, 0.5) is 5.95 Å². The average molecular weight is 185 g/mol. The van der Waals surface area contributed by atoms with Crippen molar-refractivity contribution < 1.29 is 10.7 Å². The van der Waals surface area contributed by atoms with Gasteiger partial charge in [-0.05, 0) is 0 Å². The predicted octanol–water partition coefficient (Wildman–Crippen LogP) is -1.89. The Morgan fingerprint density at radius 1 is 1.62 bits per heavy atom. The molecule has 0 fully saturated rings. The van der Waals surface area contributed by atoms with Crippen LogP contribution >= 0.6 is 0 Å². The van der Waals surface area contributed by atoms with Crippen LogP contribution in [0.25, 0.3) is 11.2 Å². The van der Waals surface area contributed by atoms with Crippen molar-refractivity contribution in [2.75, 3.05) is 5.73 Å². The first-order chi connectivity index (χ1) is 5.68. The van der Waals surface area contributed by atoms with E-state index in [1.54, 1.807) is 0 Å². The number of hydrogen-bond donors (Lipinski definition) is 3. The highest BCUT2D eigenvalue weighted by atomic mass is 16.5. The highest BCUT2D eigenvalue weighted by Crippen LogP contribution is 2.02. The Morgan fingerprint density at radius 2 is 2.31 bits per heavy atom. The summed E-state index contributed by atoms with van der Waals surface area (Å²) in [6.45, 7) is 0. The lowest BCUT2D eigenvalue weighted by molar-refractivity contribution is 0.196. The van der Waals surface area contributed by atoms with E-state index in [0.29, 0.717) is 4.73 Å². The fourth-order valence-corrected chi connectivity index (χ4v) is 0.915. The molecule has 0 aliphatic rings. The molecule has 8 heteroatoms. The molecular formula is C5H7N5O3. The number of imidazole rings is 1. The van der Waals surface area contributed by atoms with Crippen LogP contribution in [0, 0.1) is 0 Å². The summed E-state index contributed by atoms with van der Waals surface area (Å²) in [6, 6.07) is 0. The first kappa shape index (κ1) is 9.00. The second kappa shape index (κ2) is 2.75. The van der Waals surface area contributed by atoms with Gasteiger partial charge in [0.1, 0.15) is 6.33 Å². The van der Waals surface area contributed by atoms with Gasteiger partial charge in [0, 0.05) is 0 Å². The first-order valence-electron chi connectivity index (χ1n) is 3.10. The van der Waals surface area contributed by atoms with E-state index in [9.17, 15) is 4.79 Å². The molecule has 0 spiro atoms. The van der Waals surface area contributed by atoms with Gasteiger partial charge in [0.15, 0.2) is 5.52 Å². The van der Waals surface area contributed by atoms with E-state index in [1.807, 2.05) is 0 Å². The maximum absolute atomic E-state index is 11.1. The van der Waals surface area contributed by atoms with Gasteiger partial charge in [-0.3, -0.25) is 9.78 Å². The number of nitrogens with two attached hydrogens (primary N) is 1. The molecule has 2 heterocycles. The molecule has 0 amide bonds. The van der Waals surface area contributed by atoms with E-state index in [0.717, 1.165) is 6.33 Å². The standard InChI is InChI=1S/C5H5N5O2.H2O/c6-5-8-3-2(4(11)9-5)7-1-10(3)12;/h1,12H,(H3,6,8,9,11);1H2. The van der Waals surface area contributed by atoms with Crippen molar-refractivity contribution in [2.24, 2.45) is 0 Å². The molecule has 70 valence electrons. The highest BCUT2D eigenvalue weighted by molar-refractivity contribution is 5.69. The van der Waals surface area contributed by atoms with E-state index in [-0.39, 0.29) is 22.6 Å². The van der Waals surface area contributed by atoms with Gasteiger partial charge in [0.25, 0.3) is 5.56 Å². The van der Waals surface area contributed by atoms with E-state index < -0.39 is 5.56 Å². The van der Waals surface area contributed by atoms with Gasteiger partial charge >= 0.3 is 0 Å². The van der Waals surface area contributed by atoms with Gasteiger partial charge < -0.3 is 16.4 Å². The molecule has 2 rings (SSSR count). The number of anilines is 1. The van der Waals surface area contributed by atoms with Gasteiger partial charge in [0.2, 0.25) is 11.6 Å². The fraction of sp³-hybridized carbons (Fsp3) is 0. The summed E-state index contributed by atoms with van der Waals surface area (Å²) in [5.74, 6) is -0.0525. The molecule has 0 bridgehead atoms. The summed E-state index contributed by atoms with van der Waals surface area (Å²) in [4.78, 5) is 20.6. The van der Waals surface area contributed by atoms with Gasteiger partial charge in [-0.15, -0.1) is 0 Å². The van der Waals surface area contributed by atoms with Crippen molar-refractivity contribution in [2.45, 2.75) is 0 Å². The normalized spacial score (nSPS) is 9.85. The Bertz CT molecular complexity index is 486. The van der Waals surface area contributed by atoms with E-state index in [1.165, 1.54) is 0 Å². The molecule has 8 nitrogen and oxygen atoms in total. The number of aromatic amines is 1. The number of fused-ring (bicyclic) bond motifs is 1. The zero-order chi connectivity index (χ0) is 8.72. The van der Waals surface area contributed by atoms with Crippen LogP contribution in [0.5, 0.6) is 0 Å². The van der Waals surface area contributed by atoms with Crippen LogP contribution < -0.4 is 11.3 Å². The average Bonchev–Trinajstić information content (AvgIpc) is 2.33. The maximum Gasteiger partial charge on any atom is 0.280 e. The molecule has 0 aromatic carbocycles. The summed E-state index contributed by atoms with van der Waals surface area (Å²) >= 11 is 0. The Balaban J connectivity index is 0.000000845. The van der Waals surface area contributed by atoms with E-state index in [4.69, 9.17) is 10.9 Å². The largest absolute Gasteiger partial charge is 0.425 e. The lowest BCUT2D eigenvalue weighted by Crippen LogP contribution is -2.11. The summed E-state index contributed by atoms with van der Waals surface area (Å²) < 4.78 is 0.640. The molecule has 0 atom stereocenters. The van der Waals surface area contributed by atoms with Gasteiger partial charge in [-0.2, -0.15) is 9.71 Å². The van der Waals surface area contributed by atoms with Crippen molar-refractivity contribution in [3.05, 3.63) is 16.7 Å². The molecule has 0 aliphatic heterocycles. The molecule has 0 saturated carbocycles. The number of hydrogen-bond acceptors (Lipinski definition) is 5. The third-order valence-electron chi connectivity index (χ3n) is 1.41. The third kappa shape index (κ3) is 1.18. The first-order valence-corrected chi connectivity index (χ1v) is 3.10. The van der Waals surface area contributed by atoms with Gasteiger partial charge in [-0.1, -0.05) is 0 Å². The molecule has 0 aliphatic carbocycles. The van der Waals surface area contributed by atoms with Crippen molar-refractivity contribution >= 4 is 17.1 Å². The van der Waals surface area contributed by atoms with Gasteiger partial charge in [-0.25, -0.2) is 4.98 Å². The second-order valence-corrected chi connectivity index (χ2v) is 2.21. The second-order valence-electron chi connectivity index (χ2n) is 2.21. The van der Waals surface area contributed by atoms with Crippen molar-refractivity contribution in [1.29, 1.82) is 0 Å². The zero-order valence-corrected chi connectivity index (χ0v) is 6.35. The molecular weight excluding hydrogens is 178 g/mol. The maximum atomic E-state index is 11.1. The molecule has 0 unspecified atom stereocenters.